The fraction of sp³-hybridized carbons (Fsp3) is 0.588. The molecule has 2 aliphatic heterocycles. The summed E-state index contributed by atoms with van der Waals surface area (Å²) in [6, 6.07) is 12.7. The molecule has 1 spiro atoms. The Morgan fingerprint density at radius 3 is 2.36 bits per heavy atom. The summed E-state index contributed by atoms with van der Waals surface area (Å²) in [5.41, 5.74) is 1.25. The topological polar surface area (TPSA) is 91.3 Å². The van der Waals surface area contributed by atoms with Crippen LogP contribution >= 0.6 is 24.0 Å². The van der Waals surface area contributed by atoms with E-state index in [0.29, 0.717) is 62.1 Å². The zero-order valence-corrected chi connectivity index (χ0v) is 27.5. The molecule has 2 saturated heterocycles. The minimum absolute atomic E-state index is 0. The van der Waals surface area contributed by atoms with Gasteiger partial charge in [0.1, 0.15) is 18.2 Å². The third-order valence-corrected chi connectivity index (χ3v) is 9.84. The van der Waals surface area contributed by atoms with Crippen LogP contribution in [0.2, 0.25) is 5.02 Å². The lowest BCUT2D eigenvalue weighted by Gasteiger charge is -2.52. The Balaban J connectivity index is 0.00000442. The summed E-state index contributed by atoms with van der Waals surface area (Å²) in [5, 5.41) is 14.9. The largest absolute Gasteiger partial charge is 0.493 e. The van der Waals surface area contributed by atoms with Crippen LogP contribution in [-0.4, -0.2) is 71.1 Å². The number of carbonyl (C=O) groups is 2. The number of hydrogen-bond acceptors (Lipinski definition) is 6. The number of methoxy groups -OCH3 is 1. The number of piperidine rings is 1. The molecule has 2 heterocycles. The Hall–Kier alpha value is -2.52. The van der Waals surface area contributed by atoms with Crippen molar-refractivity contribution in [2.24, 2.45) is 5.92 Å². The quantitative estimate of drug-likeness (QED) is 0.323. The Labute approximate surface area is 272 Å². The van der Waals surface area contributed by atoms with Gasteiger partial charge in [0.05, 0.1) is 13.2 Å². The minimum Gasteiger partial charge on any atom is -0.493 e. The van der Waals surface area contributed by atoms with E-state index in [1.165, 1.54) is 6.42 Å². The second-order valence-electron chi connectivity index (χ2n) is 12.4. The van der Waals surface area contributed by atoms with Gasteiger partial charge in [-0.3, -0.25) is 14.5 Å². The normalized spacial score (nSPS) is 21.5. The van der Waals surface area contributed by atoms with Gasteiger partial charge in [-0.1, -0.05) is 62.4 Å². The molecule has 1 aliphatic carbocycles. The molecule has 0 aromatic heterocycles. The average Bonchev–Trinajstić information content (AvgIpc) is 3.04. The minimum atomic E-state index is -0.859. The highest BCUT2D eigenvalue weighted by Crippen LogP contribution is 2.37. The number of benzene rings is 2. The van der Waals surface area contributed by atoms with E-state index >= 15 is 0 Å². The molecular formula is C34H47Cl2N3O5. The SMILES string of the molecule is CCCCN1C(=O)[C@@H]([C@H](O)C2CCCCC2)NC(=O)C12CCN(Cc1ccc(OCc3ccc(Cl)cc3)c(OC)c1)CC2.Cl. The maximum Gasteiger partial charge on any atom is 0.248 e. The Kier molecular flexibility index (Phi) is 12.2. The number of amides is 2. The van der Waals surface area contributed by atoms with E-state index in [4.69, 9.17) is 21.1 Å². The standard InChI is InChI=1S/C34H46ClN3O5.ClH/c1-3-4-18-38-32(40)30(31(39)26-8-6-5-7-9-26)36-33(41)34(38)16-19-37(20-17-34)22-25-12-15-28(29(21-25)42-2)43-23-24-10-13-27(35)14-11-24;/h10-15,21,26,30-31,39H,3-9,16-20,22-23H2,1-2H3,(H,36,41);1H/t30-,31-;/m1./s1. The van der Waals surface area contributed by atoms with Gasteiger partial charge in [0.25, 0.3) is 0 Å². The van der Waals surface area contributed by atoms with Crippen molar-refractivity contribution in [1.82, 2.24) is 15.1 Å². The van der Waals surface area contributed by atoms with Crippen LogP contribution in [-0.2, 0) is 22.7 Å². The third-order valence-electron chi connectivity index (χ3n) is 9.59. The first kappa shape index (κ1) is 34.4. The molecule has 3 fully saturated rings. The van der Waals surface area contributed by atoms with Crippen LogP contribution < -0.4 is 14.8 Å². The number of hydrogen-bond donors (Lipinski definition) is 2. The first-order valence-electron chi connectivity index (χ1n) is 15.9. The van der Waals surface area contributed by atoms with E-state index in [1.807, 2.05) is 47.4 Å². The Morgan fingerprint density at radius 2 is 1.70 bits per heavy atom. The van der Waals surface area contributed by atoms with Crippen LogP contribution in [0.3, 0.4) is 0 Å². The molecule has 0 bridgehead atoms. The number of carbonyl (C=O) groups excluding carboxylic acids is 2. The molecule has 44 heavy (non-hydrogen) atoms. The molecule has 5 rings (SSSR count). The molecule has 242 valence electrons. The van der Waals surface area contributed by atoms with Crippen LogP contribution in [0.5, 0.6) is 11.5 Å². The predicted octanol–water partition coefficient (Wildman–Crippen LogP) is 5.75. The Bertz CT molecular complexity index is 1250. The smallest absolute Gasteiger partial charge is 0.248 e. The van der Waals surface area contributed by atoms with Crippen molar-refractivity contribution in [3.8, 4) is 11.5 Å². The zero-order chi connectivity index (χ0) is 30.4. The lowest BCUT2D eigenvalue weighted by molar-refractivity contribution is -0.166. The average molecular weight is 649 g/mol. The number of piperazine rings is 1. The Morgan fingerprint density at radius 1 is 1.02 bits per heavy atom. The molecule has 2 aromatic rings. The zero-order valence-electron chi connectivity index (χ0n) is 25.9. The predicted molar refractivity (Wildman–Crippen MR) is 174 cm³/mol. The van der Waals surface area contributed by atoms with E-state index in [2.05, 4.69) is 17.1 Å². The van der Waals surface area contributed by atoms with Gasteiger partial charge >= 0.3 is 0 Å². The number of nitrogens with one attached hydrogen (secondary N) is 1. The molecule has 0 radical (unpaired) electrons. The number of nitrogens with zero attached hydrogens (tertiary/aromatic N) is 2. The maximum atomic E-state index is 13.9. The van der Waals surface area contributed by atoms with Gasteiger partial charge in [0, 0.05) is 31.2 Å². The van der Waals surface area contributed by atoms with Crippen molar-refractivity contribution in [3.05, 3.63) is 58.6 Å². The summed E-state index contributed by atoms with van der Waals surface area (Å²) >= 11 is 5.99. The number of halogens is 2. The lowest BCUT2D eigenvalue weighted by Crippen LogP contribution is -2.75. The monoisotopic (exact) mass is 647 g/mol. The molecular weight excluding hydrogens is 601 g/mol. The molecule has 3 aliphatic rings. The first-order chi connectivity index (χ1) is 20.8. The summed E-state index contributed by atoms with van der Waals surface area (Å²) in [4.78, 5) is 31.8. The van der Waals surface area contributed by atoms with Crippen LogP contribution in [0.15, 0.2) is 42.5 Å². The summed E-state index contributed by atoms with van der Waals surface area (Å²) in [6.07, 6.45) is 7.22. The number of rotatable bonds is 11. The molecule has 2 amide bonds. The fourth-order valence-corrected chi connectivity index (χ4v) is 7.09. The van der Waals surface area contributed by atoms with Crippen molar-refractivity contribution in [2.45, 2.75) is 95.5 Å². The molecule has 10 heteroatoms. The van der Waals surface area contributed by atoms with Crippen molar-refractivity contribution in [2.75, 3.05) is 26.7 Å². The summed E-state index contributed by atoms with van der Waals surface area (Å²) in [6.45, 7) is 5.14. The number of likely N-dealkylation sites (tertiary alicyclic amines) is 1. The van der Waals surface area contributed by atoms with E-state index < -0.39 is 17.7 Å². The van der Waals surface area contributed by atoms with Crippen molar-refractivity contribution in [3.63, 3.8) is 0 Å². The first-order valence-corrected chi connectivity index (χ1v) is 16.3. The van der Waals surface area contributed by atoms with Gasteiger partial charge < -0.3 is 24.8 Å². The van der Waals surface area contributed by atoms with E-state index in [0.717, 1.165) is 49.7 Å². The lowest BCUT2D eigenvalue weighted by atomic mass is 9.78. The van der Waals surface area contributed by atoms with Crippen LogP contribution in [0.1, 0.15) is 75.8 Å². The van der Waals surface area contributed by atoms with E-state index in [1.54, 1.807) is 7.11 Å². The third kappa shape index (κ3) is 7.64. The summed E-state index contributed by atoms with van der Waals surface area (Å²) in [5.74, 6) is 1.20. The highest BCUT2D eigenvalue weighted by atomic mass is 35.5. The second-order valence-corrected chi connectivity index (χ2v) is 12.8. The van der Waals surface area contributed by atoms with Gasteiger partial charge in [-0.25, -0.2) is 0 Å². The molecule has 2 atom stereocenters. The van der Waals surface area contributed by atoms with Gasteiger partial charge in [-0.15, -0.1) is 12.4 Å². The summed E-state index contributed by atoms with van der Waals surface area (Å²) in [7, 11) is 1.64. The highest BCUT2D eigenvalue weighted by molar-refractivity contribution is 6.30. The van der Waals surface area contributed by atoms with Crippen molar-refractivity contribution < 1.29 is 24.2 Å². The molecule has 8 nitrogen and oxygen atoms in total. The number of aliphatic hydroxyl groups is 1. The van der Waals surface area contributed by atoms with Crippen LogP contribution in [0.25, 0.3) is 0 Å². The van der Waals surface area contributed by atoms with Crippen LogP contribution in [0.4, 0.5) is 0 Å². The highest BCUT2D eigenvalue weighted by Gasteiger charge is 2.55. The van der Waals surface area contributed by atoms with Gasteiger partial charge in [0.15, 0.2) is 11.5 Å². The molecule has 2 N–H and O–H groups in total. The van der Waals surface area contributed by atoms with Gasteiger partial charge in [-0.05, 0) is 73.4 Å². The number of unbranched alkanes of at least 4 members (excludes halogenated alkanes) is 1. The fourth-order valence-electron chi connectivity index (χ4n) is 6.97. The number of ether oxygens (including phenoxy) is 2. The van der Waals surface area contributed by atoms with Crippen molar-refractivity contribution in [1.29, 1.82) is 0 Å². The van der Waals surface area contributed by atoms with E-state index in [9.17, 15) is 14.7 Å². The van der Waals surface area contributed by atoms with Gasteiger partial charge in [-0.2, -0.15) is 0 Å². The molecule has 1 saturated carbocycles. The second kappa shape index (κ2) is 15.7. The van der Waals surface area contributed by atoms with Gasteiger partial charge in [0.2, 0.25) is 11.8 Å². The summed E-state index contributed by atoms with van der Waals surface area (Å²) < 4.78 is 11.7. The molecule has 0 unspecified atom stereocenters. The maximum absolute atomic E-state index is 13.9. The van der Waals surface area contributed by atoms with Crippen LogP contribution in [0, 0.1) is 5.92 Å². The molecule has 2 aromatic carbocycles. The van der Waals surface area contributed by atoms with Crippen molar-refractivity contribution >= 4 is 35.8 Å². The number of aliphatic hydroxyl groups excluding tert-OH is 1. The van der Waals surface area contributed by atoms with E-state index in [-0.39, 0.29) is 30.1 Å².